The zero-order valence-corrected chi connectivity index (χ0v) is 29.1. The van der Waals surface area contributed by atoms with E-state index in [-0.39, 0.29) is 22.3 Å². The van der Waals surface area contributed by atoms with Gasteiger partial charge in [-0.05, 0) is 87.5 Å². The number of ketones is 1. The lowest BCUT2D eigenvalue weighted by Crippen LogP contribution is -2.32. The molecule has 45 heavy (non-hydrogen) atoms. The number of carbonyl (C=O) groups is 2. The maximum absolute atomic E-state index is 15.4. The van der Waals surface area contributed by atoms with E-state index >= 15 is 4.39 Å². The van der Waals surface area contributed by atoms with E-state index in [1.165, 1.54) is 57.8 Å². The normalized spacial score (nSPS) is 19.3. The predicted octanol–water partition coefficient (Wildman–Crippen LogP) is 10.6. The van der Waals surface area contributed by atoms with Crippen molar-refractivity contribution in [2.24, 2.45) is 9.96 Å². The molecule has 0 N–H and O–H groups in total. The van der Waals surface area contributed by atoms with Crippen LogP contribution in [0.3, 0.4) is 0 Å². The number of benzene rings is 1. The van der Waals surface area contributed by atoms with Crippen LogP contribution in [0, 0.1) is 12.7 Å². The van der Waals surface area contributed by atoms with Crippen molar-refractivity contribution in [3.8, 4) is 0 Å². The third-order valence-corrected chi connectivity index (χ3v) is 16.6. The Morgan fingerprint density at radius 3 is 1.91 bits per heavy atom. The molecule has 3 aliphatic rings. The molecule has 0 bridgehead atoms. The third-order valence-electron chi connectivity index (χ3n) is 9.84. The molecule has 0 atom stereocenters. The molecule has 0 amide bonds. The molecule has 0 spiro atoms. The van der Waals surface area contributed by atoms with Gasteiger partial charge in [-0.2, -0.15) is 4.85 Å². The van der Waals surface area contributed by atoms with Gasteiger partial charge in [0, 0.05) is 11.9 Å². The Morgan fingerprint density at radius 1 is 0.911 bits per heavy atom. The standard InChI is InChI=1S/C35H46ClFN3O3PS/c1-3-43-35(42)31(32(41)29-23-30(37)34(38-33(29)36)45-28-21-19-24(2)20-22-28)39-40-44(25-13-7-4-8-14-25,26-15-9-5-10-16-26)27-17-11-6-12-18-27/h19-23,25-27H,3-18H2,1-2H3/b39-31+. The summed E-state index contributed by atoms with van der Waals surface area (Å²) in [6.07, 6.45) is 17.8. The second-order valence-electron chi connectivity index (χ2n) is 12.8. The van der Waals surface area contributed by atoms with Gasteiger partial charge in [-0.3, -0.25) is 4.79 Å². The van der Waals surface area contributed by atoms with Gasteiger partial charge in [0.1, 0.15) is 10.2 Å². The van der Waals surface area contributed by atoms with E-state index in [1.54, 1.807) is 6.92 Å². The summed E-state index contributed by atoms with van der Waals surface area (Å²) in [4.78, 5) is 37.7. The van der Waals surface area contributed by atoms with Gasteiger partial charge < -0.3 is 4.74 Å². The number of Topliss-reactive ketones (excluding diaryl/α,β-unsaturated/α-hetero) is 1. The number of pyridine rings is 1. The minimum atomic E-state index is -2.09. The highest BCUT2D eigenvalue weighted by Gasteiger charge is 2.45. The summed E-state index contributed by atoms with van der Waals surface area (Å²) in [5.74, 6) is -2.34. The van der Waals surface area contributed by atoms with Crippen LogP contribution in [0.4, 0.5) is 4.39 Å². The second kappa shape index (κ2) is 16.2. The number of carbonyl (C=O) groups excluding carboxylic acids is 2. The van der Waals surface area contributed by atoms with Gasteiger partial charge in [-0.1, -0.05) is 98.8 Å². The number of hydrogen-bond acceptors (Lipinski definition) is 6. The maximum atomic E-state index is 15.4. The lowest BCUT2D eigenvalue weighted by molar-refractivity contribution is -0.134. The molecule has 0 saturated heterocycles. The fourth-order valence-electron chi connectivity index (χ4n) is 7.63. The van der Waals surface area contributed by atoms with Crippen LogP contribution in [0.25, 0.3) is 0 Å². The number of rotatable bonds is 10. The summed E-state index contributed by atoms with van der Waals surface area (Å²) < 4.78 is 20.7. The maximum Gasteiger partial charge on any atom is 0.362 e. The lowest BCUT2D eigenvalue weighted by Gasteiger charge is -2.47. The number of aromatic nitrogens is 1. The number of halogens is 2. The zero-order valence-electron chi connectivity index (χ0n) is 26.6. The molecule has 3 aliphatic carbocycles. The van der Waals surface area contributed by atoms with Crippen molar-refractivity contribution in [3.63, 3.8) is 0 Å². The summed E-state index contributed by atoms with van der Waals surface area (Å²) in [5, 5.41) is 4.51. The Labute approximate surface area is 276 Å². The molecule has 3 fully saturated rings. The molecule has 10 heteroatoms. The molecule has 0 unspecified atom stereocenters. The van der Waals surface area contributed by atoms with Crippen LogP contribution in [0.5, 0.6) is 0 Å². The highest BCUT2D eigenvalue weighted by atomic mass is 35.5. The lowest BCUT2D eigenvalue weighted by atomic mass is 9.99. The van der Waals surface area contributed by atoms with Crippen molar-refractivity contribution in [1.82, 2.24) is 4.98 Å². The van der Waals surface area contributed by atoms with Crippen molar-refractivity contribution in [1.29, 1.82) is 0 Å². The van der Waals surface area contributed by atoms with Crippen LogP contribution in [0.15, 0.2) is 50.2 Å². The Kier molecular flexibility index (Phi) is 12.4. The Morgan fingerprint density at radius 2 is 1.42 bits per heavy atom. The van der Waals surface area contributed by atoms with Gasteiger partial charge in [0.25, 0.3) is 0 Å². The SMILES string of the molecule is CCOC(=O)/C(=N/N=P(C1CCCCC1)(C1CCCCC1)C1CCCCC1)C(=O)c1cc(F)c(Sc2ccc(C)cc2)nc1Cl. The van der Waals surface area contributed by atoms with E-state index in [9.17, 15) is 9.59 Å². The fraction of sp³-hybridized carbons (Fsp3) is 0.600. The Hall–Kier alpha value is -2.02. The minimum Gasteiger partial charge on any atom is -0.461 e. The first-order valence-electron chi connectivity index (χ1n) is 16.8. The number of ether oxygens (including phenoxy) is 1. The van der Waals surface area contributed by atoms with Crippen molar-refractivity contribution in [2.75, 3.05) is 6.61 Å². The van der Waals surface area contributed by atoms with Gasteiger partial charge in [0.2, 0.25) is 11.5 Å². The van der Waals surface area contributed by atoms with E-state index in [2.05, 4.69) is 10.1 Å². The van der Waals surface area contributed by atoms with E-state index < -0.39 is 30.3 Å². The highest BCUT2D eigenvalue weighted by molar-refractivity contribution is 7.99. The number of nitrogens with zero attached hydrogens (tertiary/aromatic N) is 3. The molecule has 1 heterocycles. The average molecular weight is 674 g/mol. The molecular formula is C35H46ClFN3O3PS. The first-order valence-corrected chi connectivity index (χ1v) is 20.0. The van der Waals surface area contributed by atoms with Crippen molar-refractivity contribution in [3.05, 3.63) is 52.4 Å². The van der Waals surface area contributed by atoms with E-state index in [4.69, 9.17) is 21.2 Å². The molecule has 2 aromatic rings. The zero-order chi connectivity index (χ0) is 31.8. The van der Waals surface area contributed by atoms with Crippen molar-refractivity contribution >= 4 is 47.9 Å². The van der Waals surface area contributed by atoms with E-state index in [0.717, 1.165) is 66.8 Å². The Balaban J connectivity index is 1.58. The summed E-state index contributed by atoms with van der Waals surface area (Å²) in [5.41, 5.74) is 1.87. The molecule has 1 aromatic carbocycles. The molecule has 0 aliphatic heterocycles. The quantitative estimate of drug-likeness (QED) is 0.0477. The van der Waals surface area contributed by atoms with Gasteiger partial charge in [0.05, 0.1) is 12.2 Å². The number of hydrogen-bond donors (Lipinski definition) is 0. The highest BCUT2D eigenvalue weighted by Crippen LogP contribution is 2.70. The summed E-state index contributed by atoms with van der Waals surface area (Å²) >= 11 is 7.65. The fourth-order valence-corrected chi connectivity index (χ4v) is 14.7. The van der Waals surface area contributed by atoms with Crippen LogP contribution in [0.1, 0.15) is 119 Å². The van der Waals surface area contributed by atoms with Gasteiger partial charge in [-0.15, -0.1) is 5.10 Å². The third kappa shape index (κ3) is 8.11. The molecule has 5 rings (SSSR count). The van der Waals surface area contributed by atoms with Gasteiger partial charge in [-0.25, -0.2) is 14.2 Å². The average Bonchev–Trinajstić information content (AvgIpc) is 3.07. The van der Waals surface area contributed by atoms with E-state index in [0.29, 0.717) is 17.0 Å². The number of aryl methyl sites for hydroxylation is 1. The largest absolute Gasteiger partial charge is 0.461 e. The second-order valence-corrected chi connectivity index (χ2v) is 18.2. The predicted molar refractivity (Wildman–Crippen MR) is 183 cm³/mol. The molecule has 1 aromatic heterocycles. The minimum absolute atomic E-state index is 0.0524. The van der Waals surface area contributed by atoms with Crippen LogP contribution < -0.4 is 0 Å². The van der Waals surface area contributed by atoms with E-state index in [1.807, 2.05) is 31.2 Å². The Bertz CT molecular complexity index is 1380. The molecule has 6 nitrogen and oxygen atoms in total. The molecular weight excluding hydrogens is 628 g/mol. The van der Waals surface area contributed by atoms with Crippen LogP contribution in [-0.4, -0.2) is 46.0 Å². The first kappa shape index (κ1) is 34.3. The summed E-state index contributed by atoms with van der Waals surface area (Å²) in [6.45, 7) is 3.74. The van der Waals surface area contributed by atoms with Crippen LogP contribution in [0.2, 0.25) is 5.15 Å². The first-order chi connectivity index (χ1) is 21.8. The summed E-state index contributed by atoms with van der Waals surface area (Å²) in [6, 6.07) is 8.68. The van der Waals surface area contributed by atoms with Crippen LogP contribution in [-0.2, 0) is 9.53 Å². The molecule has 244 valence electrons. The smallest absolute Gasteiger partial charge is 0.362 e. The molecule has 0 radical (unpaired) electrons. The topological polar surface area (TPSA) is 81.0 Å². The van der Waals surface area contributed by atoms with Crippen LogP contribution >= 0.6 is 30.4 Å². The summed E-state index contributed by atoms with van der Waals surface area (Å²) in [7, 11) is -2.09. The van der Waals surface area contributed by atoms with Crippen molar-refractivity contribution < 1.29 is 18.7 Å². The van der Waals surface area contributed by atoms with Gasteiger partial charge in [0.15, 0.2) is 5.82 Å². The van der Waals surface area contributed by atoms with Crippen molar-refractivity contribution in [2.45, 2.75) is 137 Å². The molecule has 3 saturated carbocycles. The number of esters is 1. The van der Waals surface area contributed by atoms with Gasteiger partial charge >= 0.3 is 5.97 Å². The monoisotopic (exact) mass is 673 g/mol.